The van der Waals surface area contributed by atoms with E-state index in [2.05, 4.69) is 0 Å². The number of rotatable bonds is 2. The van der Waals surface area contributed by atoms with Gasteiger partial charge >= 0.3 is 0 Å². The molecule has 1 N–H and O–H groups in total. The number of fused-ring (bicyclic) bond motifs is 1. The molecule has 0 bridgehead atoms. The zero-order valence-electron chi connectivity index (χ0n) is 11.3. The smallest absolute Gasteiger partial charge is 0.231 e. The van der Waals surface area contributed by atoms with Gasteiger partial charge in [-0.3, -0.25) is 4.79 Å². The van der Waals surface area contributed by atoms with Crippen LogP contribution in [-0.2, 0) is 11.2 Å². The lowest BCUT2D eigenvalue weighted by Crippen LogP contribution is -2.20. The molecular formula is C16H13ClFNO2. The standard InChI is InChI=1S/C16H13ClFNO2/c1-19-13-6-5-9(7-10(13)8-14(19)20)16(21)11-3-2-4-12(18)15(11)17/h2-7,16,21H,8H2,1H3. The first-order valence-corrected chi connectivity index (χ1v) is 6.88. The highest BCUT2D eigenvalue weighted by Crippen LogP contribution is 2.34. The molecule has 0 saturated heterocycles. The molecule has 0 spiro atoms. The molecule has 2 aromatic rings. The second-order valence-corrected chi connectivity index (χ2v) is 5.44. The summed E-state index contributed by atoms with van der Waals surface area (Å²) in [4.78, 5) is 13.3. The van der Waals surface area contributed by atoms with Crippen LogP contribution in [0, 0.1) is 5.82 Å². The van der Waals surface area contributed by atoms with E-state index in [1.165, 1.54) is 12.1 Å². The Kier molecular flexibility index (Phi) is 3.43. The summed E-state index contributed by atoms with van der Waals surface area (Å²) in [6.07, 6.45) is -0.719. The van der Waals surface area contributed by atoms with E-state index >= 15 is 0 Å². The molecule has 0 fully saturated rings. The quantitative estimate of drug-likeness (QED) is 0.926. The predicted molar refractivity (Wildman–Crippen MR) is 79.0 cm³/mol. The molecule has 5 heteroatoms. The molecule has 1 atom stereocenters. The number of nitrogens with zero attached hydrogens (tertiary/aromatic N) is 1. The molecular weight excluding hydrogens is 293 g/mol. The largest absolute Gasteiger partial charge is 0.384 e. The number of benzene rings is 2. The summed E-state index contributed by atoms with van der Waals surface area (Å²) in [7, 11) is 1.72. The Hall–Kier alpha value is -1.91. The number of aliphatic hydroxyl groups is 1. The molecule has 1 amide bonds. The first kappa shape index (κ1) is 14.0. The molecule has 1 aliphatic rings. The van der Waals surface area contributed by atoms with Crippen LogP contribution in [0.3, 0.4) is 0 Å². The van der Waals surface area contributed by atoms with Gasteiger partial charge in [0.25, 0.3) is 0 Å². The number of hydrogen-bond acceptors (Lipinski definition) is 2. The number of anilines is 1. The van der Waals surface area contributed by atoms with Crippen LogP contribution in [0.25, 0.3) is 0 Å². The van der Waals surface area contributed by atoms with Crippen LogP contribution in [-0.4, -0.2) is 18.1 Å². The lowest BCUT2D eigenvalue weighted by molar-refractivity contribution is -0.117. The summed E-state index contributed by atoms with van der Waals surface area (Å²) in [5.41, 5.74) is 2.59. The molecule has 0 aromatic heterocycles. The minimum Gasteiger partial charge on any atom is -0.384 e. The van der Waals surface area contributed by atoms with Crippen molar-refractivity contribution in [3.05, 3.63) is 63.9 Å². The number of hydrogen-bond donors (Lipinski definition) is 1. The summed E-state index contributed by atoms with van der Waals surface area (Å²) in [5, 5.41) is 10.3. The van der Waals surface area contributed by atoms with E-state index in [4.69, 9.17) is 11.6 Å². The van der Waals surface area contributed by atoms with Crippen molar-refractivity contribution < 1.29 is 14.3 Å². The molecule has 1 heterocycles. The highest BCUT2D eigenvalue weighted by Gasteiger charge is 2.25. The highest BCUT2D eigenvalue weighted by atomic mass is 35.5. The van der Waals surface area contributed by atoms with Crippen LogP contribution < -0.4 is 4.90 Å². The van der Waals surface area contributed by atoms with Gasteiger partial charge in [0, 0.05) is 18.3 Å². The molecule has 0 radical (unpaired) electrons. The highest BCUT2D eigenvalue weighted by molar-refractivity contribution is 6.31. The molecule has 3 rings (SSSR count). The fourth-order valence-electron chi connectivity index (χ4n) is 2.57. The minimum absolute atomic E-state index is 0.0143. The van der Waals surface area contributed by atoms with Gasteiger partial charge in [0.15, 0.2) is 0 Å². The van der Waals surface area contributed by atoms with E-state index < -0.39 is 11.9 Å². The lowest BCUT2D eigenvalue weighted by atomic mass is 9.98. The van der Waals surface area contributed by atoms with Crippen molar-refractivity contribution in [2.45, 2.75) is 12.5 Å². The van der Waals surface area contributed by atoms with Gasteiger partial charge in [-0.2, -0.15) is 0 Å². The summed E-state index contributed by atoms with van der Waals surface area (Å²) in [6.45, 7) is 0. The first-order chi connectivity index (χ1) is 9.99. The Balaban J connectivity index is 2.00. The third kappa shape index (κ3) is 2.30. The molecule has 0 saturated carbocycles. The number of likely N-dealkylation sites (N-methyl/N-ethyl adjacent to an activating group) is 1. The van der Waals surface area contributed by atoms with Crippen LogP contribution in [0.5, 0.6) is 0 Å². The predicted octanol–water partition coefficient (Wildman–Crippen LogP) is 3.08. The first-order valence-electron chi connectivity index (χ1n) is 6.50. The number of carbonyl (C=O) groups excluding carboxylic acids is 1. The van der Waals surface area contributed by atoms with Crippen molar-refractivity contribution in [2.75, 3.05) is 11.9 Å². The van der Waals surface area contributed by atoms with Crippen LogP contribution >= 0.6 is 11.6 Å². The average molecular weight is 306 g/mol. The molecule has 2 aromatic carbocycles. The average Bonchev–Trinajstić information content (AvgIpc) is 2.76. The van der Waals surface area contributed by atoms with E-state index in [0.717, 1.165) is 11.3 Å². The van der Waals surface area contributed by atoms with Gasteiger partial charge in [0.2, 0.25) is 5.91 Å². The van der Waals surface area contributed by atoms with Gasteiger partial charge in [-0.05, 0) is 23.3 Å². The summed E-state index contributed by atoms with van der Waals surface area (Å²) >= 11 is 5.90. The third-order valence-electron chi connectivity index (χ3n) is 3.77. The maximum absolute atomic E-state index is 13.5. The zero-order chi connectivity index (χ0) is 15.1. The van der Waals surface area contributed by atoms with Crippen molar-refractivity contribution in [3.63, 3.8) is 0 Å². The third-order valence-corrected chi connectivity index (χ3v) is 4.17. The Morgan fingerprint density at radius 1 is 1.33 bits per heavy atom. The zero-order valence-corrected chi connectivity index (χ0v) is 12.1. The van der Waals surface area contributed by atoms with Crippen LogP contribution in [0.1, 0.15) is 22.8 Å². The number of halogens is 2. The van der Waals surface area contributed by atoms with Crippen molar-refractivity contribution in [1.29, 1.82) is 0 Å². The van der Waals surface area contributed by atoms with Crippen molar-refractivity contribution in [2.24, 2.45) is 0 Å². The van der Waals surface area contributed by atoms with Crippen LogP contribution in [0.15, 0.2) is 36.4 Å². The van der Waals surface area contributed by atoms with Gasteiger partial charge < -0.3 is 10.0 Å². The Morgan fingerprint density at radius 3 is 2.86 bits per heavy atom. The maximum atomic E-state index is 13.5. The van der Waals surface area contributed by atoms with E-state index in [1.54, 1.807) is 36.2 Å². The van der Waals surface area contributed by atoms with Gasteiger partial charge in [-0.1, -0.05) is 35.9 Å². The molecule has 3 nitrogen and oxygen atoms in total. The van der Waals surface area contributed by atoms with Crippen LogP contribution in [0.4, 0.5) is 10.1 Å². The van der Waals surface area contributed by atoms with Gasteiger partial charge in [-0.25, -0.2) is 4.39 Å². The SMILES string of the molecule is CN1C(=O)Cc2cc(C(O)c3cccc(F)c3Cl)ccc21. The van der Waals surface area contributed by atoms with E-state index in [0.29, 0.717) is 17.5 Å². The second kappa shape index (κ2) is 5.13. The van der Waals surface area contributed by atoms with Gasteiger partial charge in [-0.15, -0.1) is 0 Å². The second-order valence-electron chi connectivity index (χ2n) is 5.06. The minimum atomic E-state index is -1.03. The molecule has 1 unspecified atom stereocenters. The summed E-state index contributed by atoms with van der Waals surface area (Å²) < 4.78 is 13.5. The van der Waals surface area contributed by atoms with E-state index in [9.17, 15) is 14.3 Å². The lowest BCUT2D eigenvalue weighted by Gasteiger charge is -2.15. The van der Waals surface area contributed by atoms with Gasteiger partial charge in [0.05, 0.1) is 11.4 Å². The monoisotopic (exact) mass is 305 g/mol. The van der Waals surface area contributed by atoms with E-state index in [-0.39, 0.29) is 10.9 Å². The van der Waals surface area contributed by atoms with Crippen molar-refractivity contribution >= 4 is 23.2 Å². The van der Waals surface area contributed by atoms with Gasteiger partial charge in [0.1, 0.15) is 11.9 Å². The summed E-state index contributed by atoms with van der Waals surface area (Å²) in [5.74, 6) is -0.551. The molecule has 1 aliphatic heterocycles. The Labute approximate surface area is 126 Å². The molecule has 0 aliphatic carbocycles. The number of carbonyl (C=O) groups is 1. The number of aliphatic hydroxyl groups excluding tert-OH is 1. The topological polar surface area (TPSA) is 40.5 Å². The fourth-order valence-corrected chi connectivity index (χ4v) is 2.80. The maximum Gasteiger partial charge on any atom is 0.231 e. The molecule has 21 heavy (non-hydrogen) atoms. The Morgan fingerprint density at radius 2 is 2.10 bits per heavy atom. The van der Waals surface area contributed by atoms with Crippen molar-refractivity contribution in [3.8, 4) is 0 Å². The number of amides is 1. The van der Waals surface area contributed by atoms with E-state index in [1.807, 2.05) is 0 Å². The fraction of sp³-hybridized carbons (Fsp3) is 0.188. The molecule has 108 valence electrons. The summed E-state index contributed by atoms with van der Waals surface area (Å²) in [6, 6.07) is 9.61. The van der Waals surface area contributed by atoms with Crippen LogP contribution in [0.2, 0.25) is 5.02 Å². The normalized spacial score (nSPS) is 15.2. The Bertz CT molecular complexity index is 732. The van der Waals surface area contributed by atoms with Crippen molar-refractivity contribution in [1.82, 2.24) is 0 Å².